The van der Waals surface area contributed by atoms with Gasteiger partial charge in [-0.1, -0.05) is 103 Å². The SMILES string of the molecule is c1ccc(-c2nc(-n3c4ccccc4c4cc5c6c7oc8ccccc8c7ccc6n(-c6ccccc6)c5cc43)nc3ccccc23)cc1. The summed E-state index contributed by atoms with van der Waals surface area (Å²) >= 11 is 0. The molecule has 0 fully saturated rings. The Morgan fingerprint density at radius 2 is 1.12 bits per heavy atom. The molecule has 0 saturated heterocycles. The van der Waals surface area contributed by atoms with Gasteiger partial charge in [-0.25, -0.2) is 9.97 Å². The number of benzene rings is 7. The second-order valence-corrected chi connectivity index (χ2v) is 12.6. The van der Waals surface area contributed by atoms with Crippen LogP contribution in [0.3, 0.4) is 0 Å². The highest BCUT2D eigenvalue weighted by Crippen LogP contribution is 2.43. The van der Waals surface area contributed by atoms with Crippen molar-refractivity contribution < 1.29 is 4.42 Å². The van der Waals surface area contributed by atoms with E-state index in [0.29, 0.717) is 5.95 Å². The lowest BCUT2D eigenvalue weighted by atomic mass is 10.1. The minimum absolute atomic E-state index is 0.644. The first kappa shape index (κ1) is 26.4. The van der Waals surface area contributed by atoms with Crippen LogP contribution in [-0.4, -0.2) is 19.1 Å². The molecular weight excluding hydrogens is 601 g/mol. The van der Waals surface area contributed by atoms with Crippen molar-refractivity contribution >= 4 is 76.5 Å². The summed E-state index contributed by atoms with van der Waals surface area (Å²) in [5.74, 6) is 0.644. The normalized spacial score (nSPS) is 12.1. The van der Waals surface area contributed by atoms with Crippen molar-refractivity contribution in [3.63, 3.8) is 0 Å². The van der Waals surface area contributed by atoms with Crippen LogP contribution in [0.5, 0.6) is 0 Å². The van der Waals surface area contributed by atoms with Gasteiger partial charge in [-0.15, -0.1) is 0 Å². The highest BCUT2D eigenvalue weighted by molar-refractivity contribution is 6.26. The Balaban J connectivity index is 1.31. The molecule has 0 bridgehead atoms. The van der Waals surface area contributed by atoms with Crippen LogP contribution >= 0.6 is 0 Å². The average Bonchev–Trinajstić information content (AvgIpc) is 3.81. The van der Waals surface area contributed by atoms with Crippen molar-refractivity contribution in [2.24, 2.45) is 0 Å². The molecule has 0 amide bonds. The number of aromatic nitrogens is 4. The van der Waals surface area contributed by atoms with E-state index in [1.54, 1.807) is 0 Å². The summed E-state index contributed by atoms with van der Waals surface area (Å²) in [6.45, 7) is 0. The molecule has 5 nitrogen and oxygen atoms in total. The predicted octanol–water partition coefficient (Wildman–Crippen LogP) is 11.4. The van der Waals surface area contributed by atoms with Gasteiger partial charge in [0, 0.05) is 43.6 Å². The molecule has 7 aromatic carbocycles. The highest BCUT2D eigenvalue weighted by atomic mass is 16.3. The summed E-state index contributed by atoms with van der Waals surface area (Å²) in [7, 11) is 0. The van der Waals surface area contributed by atoms with E-state index in [4.69, 9.17) is 14.4 Å². The van der Waals surface area contributed by atoms with Crippen LogP contribution in [0.2, 0.25) is 0 Å². The van der Waals surface area contributed by atoms with Crippen LogP contribution < -0.4 is 0 Å². The topological polar surface area (TPSA) is 48.8 Å². The molecule has 0 spiro atoms. The number of fused-ring (bicyclic) bond motifs is 11. The van der Waals surface area contributed by atoms with Gasteiger partial charge >= 0.3 is 0 Å². The molecule has 0 aliphatic heterocycles. The fourth-order valence-corrected chi connectivity index (χ4v) is 7.80. The molecule has 11 rings (SSSR count). The molecule has 4 heterocycles. The predicted molar refractivity (Wildman–Crippen MR) is 201 cm³/mol. The van der Waals surface area contributed by atoms with Crippen molar-refractivity contribution in [3.05, 3.63) is 158 Å². The summed E-state index contributed by atoms with van der Waals surface area (Å²) < 4.78 is 11.2. The Bertz CT molecular complexity index is 3100. The minimum Gasteiger partial charge on any atom is -0.455 e. The second kappa shape index (κ2) is 9.89. The van der Waals surface area contributed by atoms with E-state index in [1.165, 1.54) is 0 Å². The first-order valence-corrected chi connectivity index (χ1v) is 16.5. The van der Waals surface area contributed by atoms with Gasteiger partial charge in [0.2, 0.25) is 5.95 Å². The summed E-state index contributed by atoms with van der Waals surface area (Å²) in [6, 6.07) is 55.2. The lowest BCUT2D eigenvalue weighted by Crippen LogP contribution is -2.03. The molecular formula is C44H26N4O. The van der Waals surface area contributed by atoms with Crippen LogP contribution in [-0.2, 0) is 0 Å². The number of nitrogens with zero attached hydrogens (tertiary/aromatic N) is 4. The molecule has 0 aliphatic carbocycles. The van der Waals surface area contributed by atoms with E-state index in [0.717, 1.165) is 93.4 Å². The molecule has 11 aromatic rings. The molecule has 0 unspecified atom stereocenters. The van der Waals surface area contributed by atoms with Crippen LogP contribution in [0.4, 0.5) is 0 Å². The van der Waals surface area contributed by atoms with Crippen molar-refractivity contribution in [1.82, 2.24) is 19.1 Å². The number of para-hydroxylation sites is 4. The number of furan rings is 1. The lowest BCUT2D eigenvalue weighted by Gasteiger charge is -2.12. The van der Waals surface area contributed by atoms with Gasteiger partial charge in [0.05, 0.1) is 38.7 Å². The van der Waals surface area contributed by atoms with E-state index in [1.807, 2.05) is 18.2 Å². The third-order valence-corrected chi connectivity index (χ3v) is 9.92. The zero-order valence-electron chi connectivity index (χ0n) is 26.2. The zero-order chi connectivity index (χ0) is 32.1. The smallest absolute Gasteiger partial charge is 0.235 e. The van der Waals surface area contributed by atoms with Crippen molar-refractivity contribution in [1.29, 1.82) is 0 Å². The molecule has 0 aliphatic rings. The van der Waals surface area contributed by atoms with E-state index in [-0.39, 0.29) is 0 Å². The zero-order valence-corrected chi connectivity index (χ0v) is 26.2. The van der Waals surface area contributed by atoms with Crippen LogP contribution in [0.15, 0.2) is 162 Å². The summed E-state index contributed by atoms with van der Waals surface area (Å²) in [5.41, 5.74) is 10.1. The average molecular weight is 627 g/mol. The van der Waals surface area contributed by atoms with Gasteiger partial charge in [-0.3, -0.25) is 4.57 Å². The summed E-state index contributed by atoms with van der Waals surface area (Å²) in [6.07, 6.45) is 0. The van der Waals surface area contributed by atoms with Gasteiger partial charge in [-0.2, -0.15) is 0 Å². The first-order valence-electron chi connectivity index (χ1n) is 16.5. The fourth-order valence-electron chi connectivity index (χ4n) is 7.80. The monoisotopic (exact) mass is 626 g/mol. The maximum Gasteiger partial charge on any atom is 0.235 e. The molecule has 49 heavy (non-hydrogen) atoms. The summed E-state index contributed by atoms with van der Waals surface area (Å²) in [4.78, 5) is 10.5. The highest BCUT2D eigenvalue weighted by Gasteiger charge is 2.23. The molecule has 0 N–H and O–H groups in total. The molecule has 4 aromatic heterocycles. The Morgan fingerprint density at radius 3 is 1.98 bits per heavy atom. The number of hydrogen-bond donors (Lipinski definition) is 0. The largest absolute Gasteiger partial charge is 0.455 e. The Labute approximate surface area is 279 Å². The molecule has 5 heteroatoms. The van der Waals surface area contributed by atoms with Gasteiger partial charge < -0.3 is 8.98 Å². The van der Waals surface area contributed by atoms with Gasteiger partial charge in [0.25, 0.3) is 0 Å². The van der Waals surface area contributed by atoms with Crippen LogP contribution in [0.1, 0.15) is 0 Å². The van der Waals surface area contributed by atoms with E-state index < -0.39 is 0 Å². The maximum atomic E-state index is 6.65. The van der Waals surface area contributed by atoms with Crippen molar-refractivity contribution in [2.75, 3.05) is 0 Å². The number of hydrogen-bond acceptors (Lipinski definition) is 3. The molecule has 0 radical (unpaired) electrons. The van der Waals surface area contributed by atoms with E-state index in [9.17, 15) is 0 Å². The standard InChI is InChI=1S/C44H26N4O/c1-3-13-27(14-4-1)42-32-19-7-10-20-35(32)45-44(46-42)48-36-21-11-8-17-29(36)33-25-34-39(26-38(33)48)47(28-15-5-2-6-16-28)37-24-23-31-30-18-9-12-22-40(30)49-43(31)41(34)37/h1-26H. The van der Waals surface area contributed by atoms with Crippen LogP contribution in [0, 0.1) is 0 Å². The summed E-state index contributed by atoms with van der Waals surface area (Å²) in [5, 5.41) is 7.81. The van der Waals surface area contributed by atoms with Crippen molar-refractivity contribution in [3.8, 4) is 22.9 Å². The van der Waals surface area contributed by atoms with E-state index >= 15 is 0 Å². The Hall–Kier alpha value is -6.72. The van der Waals surface area contributed by atoms with Gasteiger partial charge in [0.15, 0.2) is 0 Å². The van der Waals surface area contributed by atoms with Gasteiger partial charge in [0.1, 0.15) is 11.2 Å². The Kier molecular flexibility index (Phi) is 5.32. The molecule has 228 valence electrons. The lowest BCUT2D eigenvalue weighted by molar-refractivity contribution is 0.673. The second-order valence-electron chi connectivity index (χ2n) is 12.6. The van der Waals surface area contributed by atoms with Crippen molar-refractivity contribution in [2.45, 2.75) is 0 Å². The first-order chi connectivity index (χ1) is 24.3. The quantitative estimate of drug-likeness (QED) is 0.196. The minimum atomic E-state index is 0.644. The maximum absolute atomic E-state index is 6.65. The third-order valence-electron chi connectivity index (χ3n) is 9.92. The third kappa shape index (κ3) is 3.70. The fraction of sp³-hybridized carbons (Fsp3) is 0. The Morgan fingerprint density at radius 1 is 0.429 bits per heavy atom. The molecule has 0 saturated carbocycles. The number of rotatable bonds is 3. The van der Waals surface area contributed by atoms with Crippen LogP contribution in [0.25, 0.3) is 99.3 Å². The van der Waals surface area contributed by atoms with Gasteiger partial charge in [-0.05, 0) is 54.6 Å². The van der Waals surface area contributed by atoms with E-state index in [2.05, 4.69) is 149 Å². The molecule has 0 atom stereocenters.